The van der Waals surface area contributed by atoms with Crippen molar-refractivity contribution in [2.75, 3.05) is 11.0 Å². The standard InChI is InChI=1S/C15H21IO3/c1-15(2)18-13(8-9-16)14(19-15)11-17-10-12-6-4-3-5-7-12/h3-7,13-14H,8-11H2,1-2H3/t13-,14?/m0/s1. The molecule has 1 heterocycles. The topological polar surface area (TPSA) is 27.7 Å². The van der Waals surface area contributed by atoms with Crippen LogP contribution in [0.5, 0.6) is 0 Å². The lowest BCUT2D eigenvalue weighted by atomic mass is 10.2. The number of hydrogen-bond donors (Lipinski definition) is 0. The van der Waals surface area contributed by atoms with Gasteiger partial charge >= 0.3 is 0 Å². The fraction of sp³-hybridized carbons (Fsp3) is 0.600. The molecule has 1 aromatic carbocycles. The molecule has 106 valence electrons. The monoisotopic (exact) mass is 376 g/mol. The van der Waals surface area contributed by atoms with E-state index in [1.807, 2.05) is 32.0 Å². The van der Waals surface area contributed by atoms with Crippen LogP contribution in [-0.2, 0) is 20.8 Å². The van der Waals surface area contributed by atoms with E-state index in [9.17, 15) is 0 Å². The van der Waals surface area contributed by atoms with Crippen molar-refractivity contribution < 1.29 is 14.2 Å². The summed E-state index contributed by atoms with van der Waals surface area (Å²) in [6.07, 6.45) is 1.18. The molecule has 1 aliphatic rings. The molecule has 1 aromatic rings. The van der Waals surface area contributed by atoms with Gasteiger partial charge in [0.1, 0.15) is 6.10 Å². The number of hydrogen-bond acceptors (Lipinski definition) is 3. The van der Waals surface area contributed by atoms with Crippen LogP contribution in [0.3, 0.4) is 0 Å². The van der Waals surface area contributed by atoms with Gasteiger partial charge in [-0.25, -0.2) is 0 Å². The van der Waals surface area contributed by atoms with Crippen LogP contribution in [0.1, 0.15) is 25.8 Å². The third kappa shape index (κ3) is 4.70. The van der Waals surface area contributed by atoms with Crippen molar-refractivity contribution in [3.05, 3.63) is 35.9 Å². The van der Waals surface area contributed by atoms with Crippen molar-refractivity contribution in [1.82, 2.24) is 0 Å². The zero-order chi connectivity index (χ0) is 13.7. The largest absolute Gasteiger partial charge is 0.374 e. The molecule has 3 nitrogen and oxygen atoms in total. The lowest BCUT2D eigenvalue weighted by Crippen LogP contribution is -2.28. The zero-order valence-corrected chi connectivity index (χ0v) is 13.6. The van der Waals surface area contributed by atoms with Gasteiger partial charge in [0.05, 0.1) is 19.3 Å². The third-order valence-corrected chi connectivity index (χ3v) is 3.70. The maximum Gasteiger partial charge on any atom is 0.163 e. The van der Waals surface area contributed by atoms with E-state index in [2.05, 4.69) is 34.7 Å². The minimum absolute atomic E-state index is 0.0356. The molecule has 0 radical (unpaired) electrons. The number of alkyl halides is 1. The molecule has 0 saturated carbocycles. The van der Waals surface area contributed by atoms with E-state index >= 15 is 0 Å². The number of benzene rings is 1. The fourth-order valence-corrected chi connectivity index (χ4v) is 2.88. The third-order valence-electron chi connectivity index (χ3n) is 3.07. The first kappa shape index (κ1) is 15.2. The van der Waals surface area contributed by atoms with Crippen LogP contribution in [0.25, 0.3) is 0 Å². The Balaban J connectivity index is 1.81. The zero-order valence-electron chi connectivity index (χ0n) is 11.5. The van der Waals surface area contributed by atoms with Crippen molar-refractivity contribution in [1.29, 1.82) is 0 Å². The fourth-order valence-electron chi connectivity index (χ4n) is 2.27. The molecule has 19 heavy (non-hydrogen) atoms. The van der Waals surface area contributed by atoms with Crippen molar-refractivity contribution in [2.24, 2.45) is 0 Å². The van der Waals surface area contributed by atoms with Gasteiger partial charge in [0.15, 0.2) is 5.79 Å². The summed E-state index contributed by atoms with van der Waals surface area (Å²) in [6, 6.07) is 10.2. The summed E-state index contributed by atoms with van der Waals surface area (Å²) in [6.45, 7) is 5.13. The molecule has 1 fully saturated rings. The Bertz CT molecular complexity index is 380. The van der Waals surface area contributed by atoms with Crippen LogP contribution in [0.2, 0.25) is 0 Å². The molecule has 2 rings (SSSR count). The van der Waals surface area contributed by atoms with E-state index in [0.717, 1.165) is 10.8 Å². The summed E-state index contributed by atoms with van der Waals surface area (Å²) in [5.41, 5.74) is 1.19. The van der Waals surface area contributed by atoms with Gasteiger partial charge in [-0.05, 0) is 25.8 Å². The van der Waals surface area contributed by atoms with Crippen LogP contribution >= 0.6 is 22.6 Å². The van der Waals surface area contributed by atoms with Gasteiger partial charge in [0.25, 0.3) is 0 Å². The average Bonchev–Trinajstić information content (AvgIpc) is 2.66. The Kier molecular flexibility index (Phi) is 5.62. The van der Waals surface area contributed by atoms with E-state index < -0.39 is 5.79 Å². The lowest BCUT2D eigenvalue weighted by molar-refractivity contribution is -0.151. The predicted molar refractivity (Wildman–Crippen MR) is 83.4 cm³/mol. The molecule has 0 N–H and O–H groups in total. The first-order chi connectivity index (χ1) is 9.11. The molecule has 1 unspecified atom stereocenters. The van der Waals surface area contributed by atoms with Crippen molar-refractivity contribution in [3.63, 3.8) is 0 Å². The molecular weight excluding hydrogens is 355 g/mol. The molecule has 1 saturated heterocycles. The van der Waals surface area contributed by atoms with E-state index in [0.29, 0.717) is 13.2 Å². The van der Waals surface area contributed by atoms with Crippen molar-refractivity contribution in [2.45, 2.75) is 44.9 Å². The van der Waals surface area contributed by atoms with Crippen LogP contribution < -0.4 is 0 Å². The van der Waals surface area contributed by atoms with Crippen LogP contribution in [-0.4, -0.2) is 29.0 Å². The highest BCUT2D eigenvalue weighted by Crippen LogP contribution is 2.30. The Morgan fingerprint density at radius 1 is 1.16 bits per heavy atom. The molecule has 0 amide bonds. The Labute approximate surface area is 128 Å². The van der Waals surface area contributed by atoms with Crippen molar-refractivity contribution >= 4 is 22.6 Å². The molecule has 0 aliphatic carbocycles. The first-order valence-corrected chi connectivity index (χ1v) is 8.16. The highest BCUT2D eigenvalue weighted by molar-refractivity contribution is 14.1. The van der Waals surface area contributed by atoms with Gasteiger partial charge in [0.2, 0.25) is 0 Å². The van der Waals surface area contributed by atoms with Crippen LogP contribution in [0.4, 0.5) is 0 Å². The van der Waals surface area contributed by atoms with Crippen molar-refractivity contribution in [3.8, 4) is 0 Å². The maximum atomic E-state index is 5.90. The maximum absolute atomic E-state index is 5.90. The minimum atomic E-state index is -0.489. The molecule has 2 atom stereocenters. The predicted octanol–water partition coefficient (Wildman–Crippen LogP) is 3.55. The molecule has 1 aliphatic heterocycles. The summed E-state index contributed by atoms with van der Waals surface area (Å²) in [7, 11) is 0. The number of halogens is 1. The Hall–Kier alpha value is -0.170. The number of ether oxygens (including phenoxy) is 3. The minimum Gasteiger partial charge on any atom is -0.374 e. The summed E-state index contributed by atoms with van der Waals surface area (Å²) < 4.78 is 18.6. The molecule has 0 spiro atoms. The molecule has 0 bridgehead atoms. The first-order valence-electron chi connectivity index (χ1n) is 6.64. The second kappa shape index (κ2) is 7.02. The van der Waals surface area contributed by atoms with E-state index in [-0.39, 0.29) is 12.2 Å². The lowest BCUT2D eigenvalue weighted by Gasteiger charge is -2.16. The second-order valence-electron chi connectivity index (χ2n) is 5.19. The molecule has 0 aromatic heterocycles. The smallest absolute Gasteiger partial charge is 0.163 e. The van der Waals surface area contributed by atoms with E-state index in [4.69, 9.17) is 14.2 Å². The highest BCUT2D eigenvalue weighted by Gasteiger charge is 2.40. The van der Waals surface area contributed by atoms with Gasteiger partial charge < -0.3 is 14.2 Å². The van der Waals surface area contributed by atoms with E-state index in [1.165, 1.54) is 5.56 Å². The van der Waals surface area contributed by atoms with Crippen LogP contribution in [0, 0.1) is 0 Å². The summed E-state index contributed by atoms with van der Waals surface area (Å²) in [5.74, 6) is -0.489. The van der Waals surface area contributed by atoms with Gasteiger partial charge in [-0.15, -0.1) is 0 Å². The normalized spacial score (nSPS) is 25.6. The van der Waals surface area contributed by atoms with Gasteiger partial charge in [-0.2, -0.15) is 0 Å². The summed E-state index contributed by atoms with van der Waals surface area (Å²) >= 11 is 2.37. The average molecular weight is 376 g/mol. The van der Waals surface area contributed by atoms with Gasteiger partial charge in [0, 0.05) is 4.43 Å². The van der Waals surface area contributed by atoms with Gasteiger partial charge in [-0.1, -0.05) is 52.9 Å². The Morgan fingerprint density at radius 3 is 2.53 bits per heavy atom. The SMILES string of the molecule is CC1(C)OC(COCc2ccccc2)[C@H](CCI)O1. The molecular formula is C15H21IO3. The van der Waals surface area contributed by atoms with Gasteiger partial charge in [-0.3, -0.25) is 0 Å². The van der Waals surface area contributed by atoms with E-state index in [1.54, 1.807) is 0 Å². The summed E-state index contributed by atoms with van der Waals surface area (Å²) in [5, 5.41) is 0. The van der Waals surface area contributed by atoms with Crippen LogP contribution in [0.15, 0.2) is 30.3 Å². The summed E-state index contributed by atoms with van der Waals surface area (Å²) in [4.78, 5) is 0. The molecule has 4 heteroatoms. The Morgan fingerprint density at radius 2 is 1.84 bits per heavy atom. The number of rotatable bonds is 6. The quantitative estimate of drug-likeness (QED) is 0.562. The second-order valence-corrected chi connectivity index (χ2v) is 6.27. The highest BCUT2D eigenvalue weighted by atomic mass is 127.